The van der Waals surface area contributed by atoms with E-state index >= 15 is 0 Å². The Morgan fingerprint density at radius 1 is 1.50 bits per heavy atom. The third-order valence-corrected chi connectivity index (χ3v) is 3.24. The minimum Gasteiger partial charge on any atom is -0.440 e. The average molecular weight is 274 g/mol. The summed E-state index contributed by atoms with van der Waals surface area (Å²) in [5.41, 5.74) is -0.228. The van der Waals surface area contributed by atoms with Crippen molar-refractivity contribution in [2.75, 3.05) is 0 Å². The highest BCUT2D eigenvalue weighted by molar-refractivity contribution is 9.10. The molecular weight excluding hydrogens is 270 g/mol. The molecule has 2 aromatic heterocycles. The number of H-pyrrole nitrogens is 1. The fraction of sp³-hybridized carbons (Fsp3) is 0. The maximum Gasteiger partial charge on any atom is 0.266 e. The van der Waals surface area contributed by atoms with Gasteiger partial charge in [0.15, 0.2) is 0 Å². The van der Waals surface area contributed by atoms with E-state index in [1.165, 1.54) is 30.5 Å². The lowest BCUT2D eigenvalue weighted by Gasteiger charge is -1.96. The molecule has 0 amide bonds. The molecule has 0 unspecified atom stereocenters. The van der Waals surface area contributed by atoms with E-state index in [0.717, 1.165) is 0 Å². The standard InChI is InChI=1S/C7H4BrN3O2S/c8-4-5(12)10-3-11-6(4)14-7-9-1-2-13-7/h1-3H,(H,10,11,12). The Labute approximate surface area is 91.1 Å². The third kappa shape index (κ3) is 1.88. The lowest BCUT2D eigenvalue weighted by Crippen LogP contribution is -2.07. The quantitative estimate of drug-likeness (QED) is 0.843. The van der Waals surface area contributed by atoms with E-state index in [0.29, 0.717) is 14.7 Å². The molecular formula is C7H4BrN3O2S. The lowest BCUT2D eigenvalue weighted by atomic mass is 10.7. The summed E-state index contributed by atoms with van der Waals surface area (Å²) in [4.78, 5) is 21.5. The highest BCUT2D eigenvalue weighted by Gasteiger charge is 2.09. The summed E-state index contributed by atoms with van der Waals surface area (Å²) in [7, 11) is 0. The predicted molar refractivity (Wildman–Crippen MR) is 53.2 cm³/mol. The van der Waals surface area contributed by atoms with E-state index in [1.807, 2.05) is 0 Å². The van der Waals surface area contributed by atoms with Gasteiger partial charge in [-0.25, -0.2) is 9.97 Å². The zero-order chi connectivity index (χ0) is 9.97. The van der Waals surface area contributed by atoms with Crippen molar-refractivity contribution in [1.29, 1.82) is 0 Å². The Morgan fingerprint density at radius 3 is 3.07 bits per heavy atom. The molecule has 0 radical (unpaired) electrons. The van der Waals surface area contributed by atoms with E-state index < -0.39 is 0 Å². The first-order valence-corrected chi connectivity index (χ1v) is 5.19. The second-order valence-corrected chi connectivity index (χ2v) is 3.98. The van der Waals surface area contributed by atoms with Crippen LogP contribution in [0.2, 0.25) is 0 Å². The molecule has 0 fully saturated rings. The number of rotatable bonds is 2. The summed E-state index contributed by atoms with van der Waals surface area (Å²) < 4.78 is 5.39. The monoisotopic (exact) mass is 273 g/mol. The maximum absolute atomic E-state index is 11.2. The van der Waals surface area contributed by atoms with E-state index in [2.05, 4.69) is 30.9 Å². The van der Waals surface area contributed by atoms with Gasteiger partial charge in [0.2, 0.25) is 0 Å². The van der Waals surface area contributed by atoms with Crippen LogP contribution in [0.3, 0.4) is 0 Å². The summed E-state index contributed by atoms with van der Waals surface area (Å²) >= 11 is 4.31. The second kappa shape index (κ2) is 3.97. The first kappa shape index (κ1) is 9.47. The lowest BCUT2D eigenvalue weighted by molar-refractivity contribution is 0.454. The second-order valence-electron chi connectivity index (χ2n) is 2.25. The molecule has 0 saturated carbocycles. The molecule has 1 N–H and O–H groups in total. The van der Waals surface area contributed by atoms with Gasteiger partial charge < -0.3 is 9.40 Å². The fourth-order valence-corrected chi connectivity index (χ4v) is 1.91. The molecule has 0 aliphatic heterocycles. The van der Waals surface area contributed by atoms with Crippen LogP contribution in [-0.2, 0) is 0 Å². The number of oxazole rings is 1. The summed E-state index contributed by atoms with van der Waals surface area (Å²) in [6, 6.07) is 0. The van der Waals surface area contributed by atoms with Gasteiger partial charge >= 0.3 is 0 Å². The van der Waals surface area contributed by atoms with Crippen molar-refractivity contribution < 1.29 is 4.42 Å². The van der Waals surface area contributed by atoms with Crippen molar-refractivity contribution in [2.45, 2.75) is 10.2 Å². The molecule has 0 aliphatic carbocycles. The summed E-state index contributed by atoms with van der Waals surface area (Å²) in [6.45, 7) is 0. The van der Waals surface area contributed by atoms with Crippen molar-refractivity contribution >= 4 is 27.7 Å². The van der Waals surface area contributed by atoms with Gasteiger partial charge in [-0.15, -0.1) is 0 Å². The number of hydrogen-bond donors (Lipinski definition) is 1. The van der Waals surface area contributed by atoms with Gasteiger partial charge in [0.1, 0.15) is 15.8 Å². The Bertz CT molecular complexity index is 482. The van der Waals surface area contributed by atoms with Crippen LogP contribution >= 0.6 is 27.7 Å². The topological polar surface area (TPSA) is 71.8 Å². The van der Waals surface area contributed by atoms with Crippen LogP contribution in [0.4, 0.5) is 0 Å². The van der Waals surface area contributed by atoms with Gasteiger partial charge in [-0.1, -0.05) is 0 Å². The number of hydrogen-bond acceptors (Lipinski definition) is 5. The van der Waals surface area contributed by atoms with Gasteiger partial charge in [-0.05, 0) is 27.7 Å². The molecule has 2 aromatic rings. The zero-order valence-corrected chi connectivity index (χ0v) is 9.13. The summed E-state index contributed by atoms with van der Waals surface area (Å²) in [6.07, 6.45) is 4.32. The molecule has 14 heavy (non-hydrogen) atoms. The van der Waals surface area contributed by atoms with Gasteiger partial charge in [0, 0.05) is 0 Å². The molecule has 7 heteroatoms. The molecule has 2 rings (SSSR count). The van der Waals surface area contributed by atoms with E-state index in [1.54, 1.807) is 0 Å². The third-order valence-electron chi connectivity index (χ3n) is 1.36. The summed E-state index contributed by atoms with van der Waals surface area (Å²) in [5, 5.41) is 0.972. The van der Waals surface area contributed by atoms with E-state index in [-0.39, 0.29) is 5.56 Å². The van der Waals surface area contributed by atoms with Gasteiger partial charge in [0.25, 0.3) is 10.8 Å². The number of nitrogens with one attached hydrogen (secondary N) is 1. The van der Waals surface area contributed by atoms with E-state index in [9.17, 15) is 4.79 Å². The minimum atomic E-state index is -0.228. The average Bonchev–Trinajstić information content (AvgIpc) is 2.66. The highest BCUT2D eigenvalue weighted by Crippen LogP contribution is 2.27. The van der Waals surface area contributed by atoms with Crippen LogP contribution < -0.4 is 5.56 Å². The number of aromatic nitrogens is 3. The summed E-state index contributed by atoms with van der Waals surface area (Å²) in [5.74, 6) is 0. The van der Waals surface area contributed by atoms with Crippen LogP contribution in [0.5, 0.6) is 0 Å². The Balaban J connectivity index is 2.34. The zero-order valence-electron chi connectivity index (χ0n) is 6.73. The van der Waals surface area contributed by atoms with Crippen molar-refractivity contribution in [3.05, 3.63) is 33.6 Å². The minimum absolute atomic E-state index is 0.228. The van der Waals surface area contributed by atoms with Crippen molar-refractivity contribution in [3.8, 4) is 0 Å². The Morgan fingerprint density at radius 2 is 2.36 bits per heavy atom. The largest absolute Gasteiger partial charge is 0.440 e. The maximum atomic E-state index is 11.2. The molecule has 0 aromatic carbocycles. The van der Waals surface area contributed by atoms with Crippen molar-refractivity contribution in [2.24, 2.45) is 0 Å². The SMILES string of the molecule is O=c1[nH]cnc(Sc2ncco2)c1Br. The molecule has 72 valence electrons. The van der Waals surface area contributed by atoms with Gasteiger partial charge in [-0.2, -0.15) is 0 Å². The first-order valence-electron chi connectivity index (χ1n) is 3.58. The van der Waals surface area contributed by atoms with Crippen LogP contribution in [0, 0.1) is 0 Å². The van der Waals surface area contributed by atoms with Crippen LogP contribution in [0.15, 0.2) is 42.7 Å². The normalized spacial score (nSPS) is 10.4. The Hall–Kier alpha value is -1.08. The smallest absolute Gasteiger partial charge is 0.266 e. The van der Waals surface area contributed by atoms with Crippen molar-refractivity contribution in [1.82, 2.24) is 15.0 Å². The predicted octanol–water partition coefficient (Wildman–Crippen LogP) is 1.67. The molecule has 5 nitrogen and oxygen atoms in total. The number of aromatic amines is 1. The highest BCUT2D eigenvalue weighted by atomic mass is 79.9. The van der Waals surface area contributed by atoms with Crippen LogP contribution in [0.1, 0.15) is 0 Å². The fourth-order valence-electron chi connectivity index (χ4n) is 0.781. The van der Waals surface area contributed by atoms with Crippen LogP contribution in [-0.4, -0.2) is 15.0 Å². The van der Waals surface area contributed by atoms with Gasteiger partial charge in [-0.3, -0.25) is 4.79 Å². The molecule has 0 bridgehead atoms. The van der Waals surface area contributed by atoms with Gasteiger partial charge in [0.05, 0.1) is 12.5 Å². The molecule has 2 heterocycles. The molecule has 0 saturated heterocycles. The van der Waals surface area contributed by atoms with Crippen LogP contribution in [0.25, 0.3) is 0 Å². The van der Waals surface area contributed by atoms with Crippen molar-refractivity contribution in [3.63, 3.8) is 0 Å². The molecule has 0 spiro atoms. The molecule has 0 atom stereocenters. The molecule has 0 aliphatic rings. The number of halogens is 1. The first-order chi connectivity index (χ1) is 6.77. The Kier molecular flexibility index (Phi) is 2.69. The number of nitrogens with zero attached hydrogens (tertiary/aromatic N) is 2. The van der Waals surface area contributed by atoms with E-state index in [4.69, 9.17) is 4.42 Å².